The van der Waals surface area contributed by atoms with Gasteiger partial charge in [0.15, 0.2) is 0 Å². The molecular formula is C8H12N2S. The summed E-state index contributed by atoms with van der Waals surface area (Å²) in [5.41, 5.74) is 1.16. The molecule has 1 N–H and O–H groups in total. The fourth-order valence-electron chi connectivity index (χ4n) is 0.868. The molecule has 0 spiro atoms. The predicted molar refractivity (Wildman–Crippen MR) is 50.1 cm³/mol. The third-order valence-corrected chi connectivity index (χ3v) is 2.18. The first-order valence-electron chi connectivity index (χ1n) is 3.76. The summed E-state index contributed by atoms with van der Waals surface area (Å²) in [7, 11) is 0. The van der Waals surface area contributed by atoms with Crippen LogP contribution >= 0.6 is 11.3 Å². The number of nitrogens with one attached hydrogen (secondary N) is 1. The minimum absolute atomic E-state index is 1.10. The number of rotatable bonds is 0. The minimum Gasteiger partial charge on any atom is -0.281 e. The number of nitrogens with zero attached hydrogens (tertiary/aromatic N) is 1. The maximum Gasteiger partial charge on any atom is 0.145 e. The van der Waals surface area contributed by atoms with Gasteiger partial charge >= 0.3 is 0 Å². The van der Waals surface area contributed by atoms with Gasteiger partial charge in [0.1, 0.15) is 4.83 Å². The van der Waals surface area contributed by atoms with E-state index in [-0.39, 0.29) is 0 Å². The summed E-state index contributed by atoms with van der Waals surface area (Å²) >= 11 is 1.67. The number of H-pyrrole nitrogens is 1. The van der Waals surface area contributed by atoms with Gasteiger partial charge in [-0.25, -0.2) is 0 Å². The molecule has 2 heterocycles. The van der Waals surface area contributed by atoms with Crippen LogP contribution < -0.4 is 0 Å². The number of aromatic nitrogens is 2. The summed E-state index contributed by atoms with van der Waals surface area (Å²) in [5.74, 6) is 0. The summed E-state index contributed by atoms with van der Waals surface area (Å²) in [5, 5.41) is 10.3. The van der Waals surface area contributed by atoms with Gasteiger partial charge in [-0.05, 0) is 18.4 Å². The van der Waals surface area contributed by atoms with Crippen LogP contribution in [-0.2, 0) is 0 Å². The average Bonchev–Trinajstić information content (AvgIpc) is 2.60. The monoisotopic (exact) mass is 168 g/mol. The second kappa shape index (κ2) is 3.53. The molecule has 2 aromatic heterocycles. The Hall–Kier alpha value is -0.830. The number of aryl methyl sites for hydroxylation is 1. The lowest BCUT2D eigenvalue weighted by Crippen LogP contribution is -1.67. The molecule has 3 heteroatoms. The fraction of sp³-hybridized carbons (Fsp3) is 0.375. The Balaban J connectivity index is 0.000000281. The summed E-state index contributed by atoms with van der Waals surface area (Å²) in [4.78, 5) is 1.10. The van der Waals surface area contributed by atoms with Gasteiger partial charge in [-0.1, -0.05) is 13.8 Å². The van der Waals surface area contributed by atoms with E-state index < -0.39 is 0 Å². The van der Waals surface area contributed by atoms with Gasteiger partial charge in [0.2, 0.25) is 0 Å². The quantitative estimate of drug-likeness (QED) is 0.643. The van der Waals surface area contributed by atoms with Crippen molar-refractivity contribution >= 4 is 21.6 Å². The van der Waals surface area contributed by atoms with E-state index in [0.29, 0.717) is 0 Å². The number of hydrogen-bond donors (Lipinski definition) is 1. The zero-order chi connectivity index (χ0) is 8.27. The first-order valence-corrected chi connectivity index (χ1v) is 4.64. The van der Waals surface area contributed by atoms with Gasteiger partial charge in [-0.3, -0.25) is 5.10 Å². The van der Waals surface area contributed by atoms with Crippen molar-refractivity contribution in [3.05, 3.63) is 17.1 Å². The summed E-state index contributed by atoms with van der Waals surface area (Å²) in [6, 6.07) is 2.08. The maximum absolute atomic E-state index is 4.07. The summed E-state index contributed by atoms with van der Waals surface area (Å²) in [6.07, 6.45) is 0. The van der Waals surface area contributed by atoms with Gasteiger partial charge in [-0.15, -0.1) is 11.3 Å². The van der Waals surface area contributed by atoms with Crippen molar-refractivity contribution in [1.82, 2.24) is 10.2 Å². The van der Waals surface area contributed by atoms with E-state index in [1.165, 1.54) is 5.39 Å². The molecule has 0 aliphatic rings. The molecule has 0 aromatic carbocycles. The van der Waals surface area contributed by atoms with Crippen LogP contribution in [0.2, 0.25) is 0 Å². The van der Waals surface area contributed by atoms with E-state index in [2.05, 4.69) is 21.6 Å². The van der Waals surface area contributed by atoms with Crippen molar-refractivity contribution in [1.29, 1.82) is 0 Å². The maximum atomic E-state index is 4.07. The molecule has 2 aromatic rings. The first kappa shape index (κ1) is 8.27. The van der Waals surface area contributed by atoms with E-state index in [4.69, 9.17) is 0 Å². The Labute approximate surface area is 70.3 Å². The Morgan fingerprint density at radius 3 is 2.82 bits per heavy atom. The van der Waals surface area contributed by atoms with Crippen molar-refractivity contribution in [2.75, 3.05) is 0 Å². The lowest BCUT2D eigenvalue weighted by Gasteiger charge is -1.75. The Kier molecular flexibility index (Phi) is 2.65. The zero-order valence-corrected chi connectivity index (χ0v) is 7.83. The lowest BCUT2D eigenvalue weighted by atomic mass is 10.3. The molecule has 2 rings (SSSR count). The van der Waals surface area contributed by atoms with Crippen LogP contribution in [0.25, 0.3) is 10.2 Å². The van der Waals surface area contributed by atoms with E-state index >= 15 is 0 Å². The number of fused-ring (bicyclic) bond motifs is 1. The van der Waals surface area contributed by atoms with Crippen molar-refractivity contribution in [3.63, 3.8) is 0 Å². The van der Waals surface area contributed by atoms with Crippen LogP contribution in [0.1, 0.15) is 19.5 Å². The minimum atomic E-state index is 1.10. The number of thiophene rings is 1. The van der Waals surface area contributed by atoms with Gasteiger partial charge in [-0.2, -0.15) is 5.10 Å². The average molecular weight is 168 g/mol. The predicted octanol–water partition coefficient (Wildman–Crippen LogP) is 2.96. The highest BCUT2D eigenvalue weighted by Crippen LogP contribution is 2.19. The molecule has 60 valence electrons. The van der Waals surface area contributed by atoms with E-state index in [0.717, 1.165) is 10.5 Å². The topological polar surface area (TPSA) is 28.7 Å². The van der Waals surface area contributed by atoms with Crippen molar-refractivity contribution in [3.8, 4) is 0 Å². The molecule has 0 amide bonds. The molecule has 0 aliphatic carbocycles. The Morgan fingerprint density at radius 2 is 2.18 bits per heavy atom. The highest BCUT2D eigenvalue weighted by atomic mass is 32.1. The molecule has 0 bridgehead atoms. The summed E-state index contributed by atoms with van der Waals surface area (Å²) < 4.78 is 0. The van der Waals surface area contributed by atoms with Crippen LogP contribution in [0.3, 0.4) is 0 Å². The normalized spacial score (nSPS) is 9.36. The van der Waals surface area contributed by atoms with E-state index in [1.54, 1.807) is 11.3 Å². The SMILES string of the molecule is CC.Cc1[nH]nc2sccc12. The highest BCUT2D eigenvalue weighted by molar-refractivity contribution is 7.16. The second-order valence-electron chi connectivity index (χ2n) is 1.99. The van der Waals surface area contributed by atoms with Crippen LogP contribution in [0, 0.1) is 6.92 Å². The molecule has 11 heavy (non-hydrogen) atoms. The van der Waals surface area contributed by atoms with E-state index in [9.17, 15) is 0 Å². The van der Waals surface area contributed by atoms with Gasteiger partial charge in [0, 0.05) is 11.1 Å². The summed E-state index contributed by atoms with van der Waals surface area (Å²) in [6.45, 7) is 6.03. The molecular weight excluding hydrogens is 156 g/mol. The van der Waals surface area contributed by atoms with Crippen molar-refractivity contribution in [2.45, 2.75) is 20.8 Å². The molecule has 2 nitrogen and oxygen atoms in total. The second-order valence-corrected chi connectivity index (χ2v) is 2.88. The Morgan fingerprint density at radius 1 is 1.45 bits per heavy atom. The highest BCUT2D eigenvalue weighted by Gasteiger charge is 1.98. The standard InChI is InChI=1S/C6H6N2S.C2H6/c1-4-5-2-3-9-6(5)8-7-4;1-2/h2-3H,1H3,(H,7,8);1-2H3. The molecule has 0 aliphatic heterocycles. The molecule has 0 unspecified atom stereocenters. The van der Waals surface area contributed by atoms with Crippen molar-refractivity contribution in [2.24, 2.45) is 0 Å². The van der Waals surface area contributed by atoms with Crippen LogP contribution in [0.4, 0.5) is 0 Å². The van der Waals surface area contributed by atoms with E-state index in [1.807, 2.05) is 20.8 Å². The first-order chi connectivity index (χ1) is 5.38. The van der Waals surface area contributed by atoms with Crippen molar-refractivity contribution < 1.29 is 0 Å². The Bertz CT molecular complexity index is 321. The smallest absolute Gasteiger partial charge is 0.145 e. The van der Waals surface area contributed by atoms with Crippen LogP contribution in [0.15, 0.2) is 11.4 Å². The van der Waals surface area contributed by atoms with Gasteiger partial charge in [0.25, 0.3) is 0 Å². The number of aromatic amines is 1. The molecule has 0 fully saturated rings. The van der Waals surface area contributed by atoms with Gasteiger partial charge < -0.3 is 0 Å². The van der Waals surface area contributed by atoms with Crippen LogP contribution in [0.5, 0.6) is 0 Å². The number of hydrogen-bond acceptors (Lipinski definition) is 2. The van der Waals surface area contributed by atoms with Crippen LogP contribution in [-0.4, -0.2) is 10.2 Å². The fourth-order valence-corrected chi connectivity index (χ4v) is 1.65. The lowest BCUT2D eigenvalue weighted by molar-refractivity contribution is 1.07. The molecule has 0 atom stereocenters. The molecule has 0 saturated carbocycles. The molecule has 0 saturated heterocycles. The third-order valence-electron chi connectivity index (χ3n) is 1.37. The third kappa shape index (κ3) is 1.43. The van der Waals surface area contributed by atoms with Gasteiger partial charge in [0.05, 0.1) is 0 Å². The largest absolute Gasteiger partial charge is 0.281 e. The zero-order valence-electron chi connectivity index (χ0n) is 7.01. The molecule has 0 radical (unpaired) electrons.